The van der Waals surface area contributed by atoms with Gasteiger partial charge in [-0.2, -0.15) is 0 Å². The Labute approximate surface area is 113 Å². The second-order valence-corrected chi connectivity index (χ2v) is 4.41. The maximum Gasteiger partial charge on any atom is 0.123 e. The smallest absolute Gasteiger partial charge is 0.123 e. The summed E-state index contributed by atoms with van der Waals surface area (Å²) >= 11 is 0. The van der Waals surface area contributed by atoms with Crippen LogP contribution in [0.25, 0.3) is 0 Å². The monoisotopic (exact) mass is 259 g/mol. The van der Waals surface area contributed by atoms with Crippen LogP contribution in [0.4, 0.5) is 4.39 Å². The number of benzene rings is 2. The van der Waals surface area contributed by atoms with Crippen LogP contribution in [0, 0.1) is 5.82 Å². The lowest BCUT2D eigenvalue weighted by atomic mass is 10.1. The first-order valence-corrected chi connectivity index (χ1v) is 6.44. The van der Waals surface area contributed by atoms with Crippen molar-refractivity contribution in [2.75, 3.05) is 13.2 Å². The molecule has 2 N–H and O–H groups in total. The molecule has 0 amide bonds. The van der Waals surface area contributed by atoms with Gasteiger partial charge < -0.3 is 10.5 Å². The summed E-state index contributed by atoms with van der Waals surface area (Å²) in [6, 6.07) is 14.5. The van der Waals surface area contributed by atoms with E-state index in [4.69, 9.17) is 10.5 Å². The number of nitrogens with two attached hydrogens (primary N) is 1. The van der Waals surface area contributed by atoms with Crippen molar-refractivity contribution in [3.05, 3.63) is 65.5 Å². The number of halogens is 1. The summed E-state index contributed by atoms with van der Waals surface area (Å²) in [6.07, 6.45) is 1.65. The summed E-state index contributed by atoms with van der Waals surface area (Å²) in [4.78, 5) is 0. The first kappa shape index (κ1) is 13.6. The van der Waals surface area contributed by atoms with Crippen LogP contribution in [0.5, 0.6) is 5.75 Å². The average molecular weight is 259 g/mol. The molecular formula is C16H18FNO. The normalized spacial score (nSPS) is 10.4. The molecule has 2 nitrogen and oxygen atoms in total. The van der Waals surface area contributed by atoms with E-state index in [1.807, 2.05) is 24.3 Å². The minimum atomic E-state index is -0.208. The molecule has 100 valence electrons. The van der Waals surface area contributed by atoms with E-state index in [2.05, 4.69) is 0 Å². The Hall–Kier alpha value is -1.87. The third-order valence-electron chi connectivity index (χ3n) is 2.93. The highest BCUT2D eigenvalue weighted by Crippen LogP contribution is 2.13. The largest absolute Gasteiger partial charge is 0.493 e. The summed E-state index contributed by atoms with van der Waals surface area (Å²) in [5, 5.41) is 0. The fourth-order valence-corrected chi connectivity index (χ4v) is 1.86. The van der Waals surface area contributed by atoms with Gasteiger partial charge in [-0.15, -0.1) is 0 Å². The van der Waals surface area contributed by atoms with Crippen molar-refractivity contribution < 1.29 is 9.13 Å². The molecule has 19 heavy (non-hydrogen) atoms. The Morgan fingerprint density at radius 3 is 2.05 bits per heavy atom. The predicted octanol–water partition coefficient (Wildman–Crippen LogP) is 2.95. The molecule has 3 heteroatoms. The first-order valence-electron chi connectivity index (χ1n) is 6.44. The molecule has 2 rings (SSSR count). The van der Waals surface area contributed by atoms with Crippen LogP contribution in [0.1, 0.15) is 11.1 Å². The van der Waals surface area contributed by atoms with Crippen molar-refractivity contribution in [1.82, 2.24) is 0 Å². The van der Waals surface area contributed by atoms with Gasteiger partial charge in [0.1, 0.15) is 11.6 Å². The predicted molar refractivity (Wildman–Crippen MR) is 74.8 cm³/mol. The highest BCUT2D eigenvalue weighted by molar-refractivity contribution is 5.27. The van der Waals surface area contributed by atoms with Gasteiger partial charge in [-0.25, -0.2) is 4.39 Å². The molecule has 0 saturated heterocycles. The quantitative estimate of drug-likeness (QED) is 0.865. The molecule has 0 fully saturated rings. The third kappa shape index (κ3) is 4.38. The summed E-state index contributed by atoms with van der Waals surface area (Å²) in [7, 11) is 0. The Bertz CT molecular complexity index is 493. The van der Waals surface area contributed by atoms with E-state index in [1.54, 1.807) is 12.1 Å². The van der Waals surface area contributed by atoms with Crippen molar-refractivity contribution in [3.8, 4) is 5.75 Å². The lowest BCUT2D eigenvalue weighted by Crippen LogP contribution is -2.03. The van der Waals surface area contributed by atoms with Gasteiger partial charge in [0, 0.05) is 6.42 Å². The number of rotatable bonds is 6. The second kappa shape index (κ2) is 6.90. The van der Waals surface area contributed by atoms with Crippen LogP contribution in [0.2, 0.25) is 0 Å². The van der Waals surface area contributed by atoms with Crippen molar-refractivity contribution in [2.24, 2.45) is 5.73 Å². The lowest BCUT2D eigenvalue weighted by Gasteiger charge is -2.07. The molecule has 0 aliphatic rings. The van der Waals surface area contributed by atoms with E-state index in [1.165, 1.54) is 17.7 Å². The van der Waals surface area contributed by atoms with Crippen LogP contribution in [-0.4, -0.2) is 13.2 Å². The van der Waals surface area contributed by atoms with Crippen LogP contribution in [0.3, 0.4) is 0 Å². The minimum Gasteiger partial charge on any atom is -0.493 e. The van der Waals surface area contributed by atoms with Crippen molar-refractivity contribution in [3.63, 3.8) is 0 Å². The second-order valence-electron chi connectivity index (χ2n) is 4.41. The maximum atomic E-state index is 12.7. The molecular weight excluding hydrogens is 241 g/mol. The maximum absolute atomic E-state index is 12.7. The zero-order valence-electron chi connectivity index (χ0n) is 10.8. The van der Waals surface area contributed by atoms with E-state index in [-0.39, 0.29) is 5.82 Å². The van der Waals surface area contributed by atoms with E-state index in [0.29, 0.717) is 13.2 Å². The molecule has 0 aliphatic heterocycles. The van der Waals surface area contributed by atoms with Crippen LogP contribution in [-0.2, 0) is 12.8 Å². The zero-order valence-corrected chi connectivity index (χ0v) is 10.8. The molecule has 0 saturated carbocycles. The molecule has 0 spiro atoms. The van der Waals surface area contributed by atoms with Crippen LogP contribution >= 0.6 is 0 Å². The Morgan fingerprint density at radius 1 is 0.842 bits per heavy atom. The molecule has 2 aromatic carbocycles. The Kier molecular flexibility index (Phi) is 4.93. The standard InChI is InChI=1S/C16H18FNO/c17-15-5-1-14(2-6-15)10-12-19-16-7-3-13(4-8-16)9-11-18/h1-8H,9-12,18H2. The van der Waals surface area contributed by atoms with Crippen LogP contribution < -0.4 is 10.5 Å². The summed E-state index contributed by atoms with van der Waals surface area (Å²) in [6.45, 7) is 1.24. The fourth-order valence-electron chi connectivity index (χ4n) is 1.86. The molecule has 0 heterocycles. The van der Waals surface area contributed by atoms with Gasteiger partial charge in [-0.05, 0) is 48.4 Å². The van der Waals surface area contributed by atoms with E-state index >= 15 is 0 Å². The van der Waals surface area contributed by atoms with Gasteiger partial charge >= 0.3 is 0 Å². The highest BCUT2D eigenvalue weighted by atomic mass is 19.1. The average Bonchev–Trinajstić information content (AvgIpc) is 2.43. The number of hydrogen-bond acceptors (Lipinski definition) is 2. The minimum absolute atomic E-state index is 0.208. The van der Waals surface area contributed by atoms with Crippen molar-refractivity contribution in [1.29, 1.82) is 0 Å². The van der Waals surface area contributed by atoms with Crippen LogP contribution in [0.15, 0.2) is 48.5 Å². The molecule has 0 atom stereocenters. The molecule has 0 aliphatic carbocycles. The van der Waals surface area contributed by atoms with Gasteiger partial charge in [0.15, 0.2) is 0 Å². The molecule has 0 aromatic heterocycles. The third-order valence-corrected chi connectivity index (χ3v) is 2.93. The fraction of sp³-hybridized carbons (Fsp3) is 0.250. The molecule has 2 aromatic rings. The molecule has 0 unspecified atom stereocenters. The van der Waals surface area contributed by atoms with Gasteiger partial charge in [0.2, 0.25) is 0 Å². The first-order chi connectivity index (χ1) is 9.28. The summed E-state index contributed by atoms with van der Waals surface area (Å²) in [5.74, 6) is 0.642. The number of ether oxygens (including phenoxy) is 1. The van der Waals surface area contributed by atoms with E-state index < -0.39 is 0 Å². The zero-order chi connectivity index (χ0) is 13.5. The van der Waals surface area contributed by atoms with E-state index in [0.717, 1.165) is 24.2 Å². The van der Waals surface area contributed by atoms with Gasteiger partial charge in [0.25, 0.3) is 0 Å². The van der Waals surface area contributed by atoms with Gasteiger partial charge in [-0.3, -0.25) is 0 Å². The van der Waals surface area contributed by atoms with Gasteiger partial charge in [0.05, 0.1) is 6.61 Å². The Morgan fingerprint density at radius 2 is 1.42 bits per heavy atom. The summed E-state index contributed by atoms with van der Waals surface area (Å²) in [5.41, 5.74) is 7.78. The van der Waals surface area contributed by atoms with Gasteiger partial charge in [-0.1, -0.05) is 24.3 Å². The summed E-state index contributed by atoms with van der Waals surface area (Å²) < 4.78 is 18.4. The van der Waals surface area contributed by atoms with Crippen molar-refractivity contribution in [2.45, 2.75) is 12.8 Å². The van der Waals surface area contributed by atoms with Crippen molar-refractivity contribution >= 4 is 0 Å². The SMILES string of the molecule is NCCc1ccc(OCCc2ccc(F)cc2)cc1. The number of hydrogen-bond donors (Lipinski definition) is 1. The molecule has 0 bridgehead atoms. The van der Waals surface area contributed by atoms with E-state index in [9.17, 15) is 4.39 Å². The topological polar surface area (TPSA) is 35.2 Å². The lowest BCUT2D eigenvalue weighted by molar-refractivity contribution is 0.322. The molecule has 0 radical (unpaired) electrons. The Balaban J connectivity index is 1.80. The highest BCUT2D eigenvalue weighted by Gasteiger charge is 1.97.